The van der Waals surface area contributed by atoms with E-state index in [-0.39, 0.29) is 25.3 Å². The van der Waals surface area contributed by atoms with Crippen LogP contribution in [0.3, 0.4) is 0 Å². The van der Waals surface area contributed by atoms with Crippen molar-refractivity contribution in [3.8, 4) is 0 Å². The molecule has 0 saturated heterocycles. The van der Waals surface area contributed by atoms with E-state index in [0.717, 1.165) is 0 Å². The largest absolute Gasteiger partial charge is 1.00 e. The quantitative estimate of drug-likeness (QED) is 0.399. The van der Waals surface area contributed by atoms with Crippen LogP contribution >= 0.6 is 0 Å². The van der Waals surface area contributed by atoms with E-state index in [9.17, 15) is 19.8 Å². The molecule has 4 nitrogen and oxygen atoms in total. The monoisotopic (exact) mass is 179 g/mol. The van der Waals surface area contributed by atoms with Crippen molar-refractivity contribution >= 4 is 11.9 Å². The van der Waals surface area contributed by atoms with Crippen molar-refractivity contribution < 1.29 is 38.7 Å². The molecule has 0 aromatic heterocycles. The summed E-state index contributed by atoms with van der Waals surface area (Å²) in [6.45, 7) is 3.11. The maximum absolute atomic E-state index is 10.4. The molecule has 13 heavy (non-hydrogen) atoms. The van der Waals surface area contributed by atoms with Gasteiger partial charge in [0.1, 0.15) is 0 Å². The van der Waals surface area contributed by atoms with Crippen LogP contribution < -0.4 is 29.1 Å². The van der Waals surface area contributed by atoms with Crippen molar-refractivity contribution in [2.24, 2.45) is 11.8 Å². The first kappa shape index (κ1) is 15.0. The average molecular weight is 179 g/mol. The Morgan fingerprint density at radius 3 is 1.92 bits per heavy atom. The fourth-order valence-electron chi connectivity index (χ4n) is 0.953. The van der Waals surface area contributed by atoms with Gasteiger partial charge in [-0.3, -0.25) is 0 Å². The first-order valence-electron chi connectivity index (χ1n) is 3.90. The number of carboxylic acid groups (broad SMARTS) is 2. The van der Waals surface area contributed by atoms with Gasteiger partial charge in [0.15, 0.2) is 0 Å². The standard InChI is InChI=1S/C8H14O4.Li/c1-3-6(8(11)12)4-5(2)7(9)10;/h5-6H,3-4H2,1-2H3,(H,9,10)(H,11,12);/q;+1/p-2. The van der Waals surface area contributed by atoms with Crippen LogP contribution in [0.5, 0.6) is 0 Å². The molecule has 0 rings (SSSR count). The van der Waals surface area contributed by atoms with Gasteiger partial charge in [-0.25, -0.2) is 0 Å². The molecule has 0 fully saturated rings. The van der Waals surface area contributed by atoms with Gasteiger partial charge in [-0.05, 0) is 24.7 Å². The minimum absolute atomic E-state index is 0. The zero-order chi connectivity index (χ0) is 9.72. The van der Waals surface area contributed by atoms with E-state index in [4.69, 9.17) is 0 Å². The third kappa shape index (κ3) is 5.73. The molecule has 0 heterocycles. The summed E-state index contributed by atoms with van der Waals surface area (Å²) in [6, 6.07) is 0. The van der Waals surface area contributed by atoms with Gasteiger partial charge in [-0.15, -0.1) is 0 Å². The number of carbonyl (C=O) groups is 2. The fourth-order valence-corrected chi connectivity index (χ4v) is 0.953. The van der Waals surface area contributed by atoms with Crippen molar-refractivity contribution in [2.45, 2.75) is 26.7 Å². The third-order valence-corrected chi connectivity index (χ3v) is 1.87. The number of hydrogen-bond acceptors (Lipinski definition) is 4. The Kier molecular flexibility index (Phi) is 8.08. The Balaban J connectivity index is 0. The molecule has 2 unspecified atom stereocenters. The van der Waals surface area contributed by atoms with Crippen molar-refractivity contribution in [2.75, 3.05) is 0 Å². The third-order valence-electron chi connectivity index (χ3n) is 1.87. The summed E-state index contributed by atoms with van der Waals surface area (Å²) in [5.41, 5.74) is 0. The Labute approximate surface area is 89.5 Å². The van der Waals surface area contributed by atoms with Gasteiger partial charge in [0.2, 0.25) is 0 Å². The summed E-state index contributed by atoms with van der Waals surface area (Å²) in [5, 5.41) is 20.6. The maximum atomic E-state index is 10.4. The van der Waals surface area contributed by atoms with Crippen molar-refractivity contribution in [1.29, 1.82) is 0 Å². The normalized spacial score (nSPS) is 14.0. The molecule has 70 valence electrons. The Hall–Kier alpha value is -0.463. The number of rotatable bonds is 5. The number of aliphatic carboxylic acids is 2. The average Bonchev–Trinajstić information content (AvgIpc) is 1.98. The van der Waals surface area contributed by atoms with Crippen LogP contribution in [0.4, 0.5) is 0 Å². The second kappa shape index (κ2) is 6.99. The van der Waals surface area contributed by atoms with E-state index in [1.807, 2.05) is 0 Å². The summed E-state index contributed by atoms with van der Waals surface area (Å²) >= 11 is 0. The van der Waals surface area contributed by atoms with Crippen LogP contribution in [0.25, 0.3) is 0 Å². The molecule has 0 aliphatic rings. The predicted molar refractivity (Wildman–Crippen MR) is 37.6 cm³/mol. The zero-order valence-corrected chi connectivity index (χ0v) is 8.20. The molecule has 0 spiro atoms. The molecule has 0 aliphatic carbocycles. The smallest absolute Gasteiger partial charge is 0.550 e. The molecule has 0 aliphatic heterocycles. The second-order valence-corrected chi connectivity index (χ2v) is 2.88. The summed E-state index contributed by atoms with van der Waals surface area (Å²) < 4.78 is 0. The van der Waals surface area contributed by atoms with E-state index in [1.54, 1.807) is 6.92 Å². The molecule has 0 radical (unpaired) electrons. The molecule has 5 heteroatoms. The molecule has 0 saturated carbocycles. The van der Waals surface area contributed by atoms with E-state index in [1.165, 1.54) is 6.92 Å². The number of carbonyl (C=O) groups excluding carboxylic acids is 2. The SMILES string of the molecule is CCC(CC(C)C(=O)[O-])C(=O)[O-].[Li+]. The van der Waals surface area contributed by atoms with E-state index >= 15 is 0 Å². The van der Waals surface area contributed by atoms with Crippen LogP contribution in [-0.2, 0) is 9.59 Å². The molecule has 0 aromatic carbocycles. The van der Waals surface area contributed by atoms with Gasteiger partial charge in [-0.1, -0.05) is 13.8 Å². The molecular weight excluding hydrogens is 167 g/mol. The van der Waals surface area contributed by atoms with Gasteiger partial charge in [-0.2, -0.15) is 0 Å². The fraction of sp³-hybridized carbons (Fsp3) is 0.750. The summed E-state index contributed by atoms with van der Waals surface area (Å²) in [7, 11) is 0. The van der Waals surface area contributed by atoms with Crippen LogP contribution in [0.15, 0.2) is 0 Å². The molecule has 0 aromatic rings. The van der Waals surface area contributed by atoms with Gasteiger partial charge in [0, 0.05) is 11.9 Å². The van der Waals surface area contributed by atoms with Crippen LogP contribution in [0.2, 0.25) is 0 Å². The van der Waals surface area contributed by atoms with Crippen LogP contribution in [0, 0.1) is 11.8 Å². The molecule has 2 atom stereocenters. The van der Waals surface area contributed by atoms with Gasteiger partial charge >= 0.3 is 18.9 Å². The molecule has 0 N–H and O–H groups in total. The van der Waals surface area contributed by atoms with Gasteiger partial charge in [0.05, 0.1) is 0 Å². The Bertz CT molecular complexity index is 181. The van der Waals surface area contributed by atoms with Gasteiger partial charge < -0.3 is 19.8 Å². The van der Waals surface area contributed by atoms with Gasteiger partial charge in [0.25, 0.3) is 0 Å². The second-order valence-electron chi connectivity index (χ2n) is 2.88. The van der Waals surface area contributed by atoms with Crippen molar-refractivity contribution in [1.82, 2.24) is 0 Å². The number of hydrogen-bond donors (Lipinski definition) is 0. The first-order chi connectivity index (χ1) is 5.49. The van der Waals surface area contributed by atoms with E-state index in [2.05, 4.69) is 0 Å². The first-order valence-corrected chi connectivity index (χ1v) is 3.90. The minimum Gasteiger partial charge on any atom is -0.550 e. The van der Waals surface area contributed by atoms with Crippen LogP contribution in [-0.4, -0.2) is 11.9 Å². The maximum Gasteiger partial charge on any atom is 1.00 e. The molecule has 0 amide bonds. The Morgan fingerprint density at radius 1 is 1.23 bits per heavy atom. The topological polar surface area (TPSA) is 80.3 Å². The van der Waals surface area contributed by atoms with E-state index < -0.39 is 23.8 Å². The van der Waals surface area contributed by atoms with Crippen molar-refractivity contribution in [3.05, 3.63) is 0 Å². The van der Waals surface area contributed by atoms with Crippen molar-refractivity contribution in [3.63, 3.8) is 0 Å². The number of carboxylic acids is 2. The zero-order valence-electron chi connectivity index (χ0n) is 8.20. The predicted octanol–water partition coefficient (Wildman–Crippen LogP) is -4.46. The Morgan fingerprint density at radius 2 is 1.69 bits per heavy atom. The summed E-state index contributed by atoms with van der Waals surface area (Å²) in [4.78, 5) is 20.6. The van der Waals surface area contributed by atoms with Crippen LogP contribution in [0.1, 0.15) is 26.7 Å². The summed E-state index contributed by atoms with van der Waals surface area (Å²) in [6.07, 6.45) is 0.473. The summed E-state index contributed by atoms with van der Waals surface area (Å²) in [5.74, 6) is -3.81. The minimum atomic E-state index is -1.21. The molecular formula is C8H12LiO4-. The van der Waals surface area contributed by atoms with E-state index in [0.29, 0.717) is 6.42 Å². The molecule has 0 bridgehead atoms.